The highest BCUT2D eigenvalue weighted by molar-refractivity contribution is 5.92. The van der Waals surface area contributed by atoms with Crippen molar-refractivity contribution in [1.29, 1.82) is 0 Å². The molecule has 0 saturated carbocycles. The normalized spacial score (nSPS) is 10.4. The van der Waals surface area contributed by atoms with Crippen molar-refractivity contribution in [2.24, 2.45) is 0 Å². The predicted octanol–water partition coefficient (Wildman–Crippen LogP) is 3.60. The summed E-state index contributed by atoms with van der Waals surface area (Å²) in [5, 5.41) is 1.04. The molecule has 0 unspecified atom stereocenters. The van der Waals surface area contributed by atoms with Gasteiger partial charge in [-0.3, -0.25) is 4.98 Å². The number of methoxy groups -OCH3 is 1. The number of para-hydroxylation sites is 2. The minimum Gasteiger partial charge on any atom is -0.488 e. The molecular weight excluding hydrogens is 278 g/mol. The van der Waals surface area contributed by atoms with Crippen LogP contribution in [0.4, 0.5) is 0 Å². The van der Waals surface area contributed by atoms with Crippen molar-refractivity contribution < 1.29 is 14.3 Å². The lowest BCUT2D eigenvalue weighted by Gasteiger charge is -2.11. The second kappa shape index (κ2) is 6.26. The number of hydrogen-bond donors (Lipinski definition) is 0. The number of hydrogen-bond acceptors (Lipinski definition) is 4. The summed E-state index contributed by atoms with van der Waals surface area (Å²) in [6.07, 6.45) is 1.76. The van der Waals surface area contributed by atoms with Gasteiger partial charge in [0.1, 0.15) is 17.9 Å². The molecule has 3 aromatic rings. The Labute approximate surface area is 128 Å². The molecular formula is C18H15NO3. The van der Waals surface area contributed by atoms with Crippen LogP contribution in [-0.2, 0) is 11.3 Å². The quantitative estimate of drug-likeness (QED) is 0.690. The minimum absolute atomic E-state index is 0.358. The fourth-order valence-electron chi connectivity index (χ4n) is 2.31. The molecule has 0 radical (unpaired) electrons. The maximum absolute atomic E-state index is 11.7. The first-order valence-corrected chi connectivity index (χ1v) is 6.92. The molecule has 3 rings (SSSR count). The van der Waals surface area contributed by atoms with Gasteiger partial charge in [0, 0.05) is 17.1 Å². The third kappa shape index (κ3) is 2.76. The molecule has 0 aliphatic heterocycles. The summed E-state index contributed by atoms with van der Waals surface area (Å²) < 4.78 is 10.6. The zero-order chi connectivity index (χ0) is 15.4. The molecule has 0 saturated heterocycles. The molecule has 1 heterocycles. The van der Waals surface area contributed by atoms with Gasteiger partial charge in [-0.1, -0.05) is 30.3 Å². The molecule has 1 aromatic heterocycles. The fourth-order valence-corrected chi connectivity index (χ4v) is 2.31. The third-order valence-electron chi connectivity index (χ3n) is 3.41. The molecule has 2 aromatic carbocycles. The molecule has 0 spiro atoms. The van der Waals surface area contributed by atoms with E-state index < -0.39 is 5.97 Å². The van der Waals surface area contributed by atoms with E-state index in [0.717, 1.165) is 16.5 Å². The number of ether oxygens (including phenoxy) is 2. The Morgan fingerprint density at radius 2 is 1.82 bits per heavy atom. The Kier molecular flexibility index (Phi) is 4.01. The molecule has 0 atom stereocenters. The fraction of sp³-hybridized carbons (Fsp3) is 0.111. The second-order valence-corrected chi connectivity index (χ2v) is 4.76. The van der Waals surface area contributed by atoms with Crippen molar-refractivity contribution >= 4 is 16.9 Å². The molecule has 4 heteroatoms. The minimum atomic E-state index is -0.407. The topological polar surface area (TPSA) is 48.4 Å². The van der Waals surface area contributed by atoms with Crippen molar-refractivity contribution in [3.05, 3.63) is 71.9 Å². The average Bonchev–Trinajstić information content (AvgIpc) is 2.59. The summed E-state index contributed by atoms with van der Waals surface area (Å²) >= 11 is 0. The van der Waals surface area contributed by atoms with Gasteiger partial charge in [-0.05, 0) is 24.3 Å². The van der Waals surface area contributed by atoms with Crippen LogP contribution in [0.15, 0.2) is 60.8 Å². The smallest absolute Gasteiger partial charge is 0.341 e. The van der Waals surface area contributed by atoms with Gasteiger partial charge in [0.2, 0.25) is 0 Å². The Balaban J connectivity index is 1.88. The van der Waals surface area contributed by atoms with Gasteiger partial charge in [0.15, 0.2) is 0 Å². The summed E-state index contributed by atoms with van der Waals surface area (Å²) in [6, 6.07) is 16.9. The number of carbonyl (C=O) groups excluding carboxylic acids is 1. The van der Waals surface area contributed by atoms with Crippen molar-refractivity contribution in [3.8, 4) is 5.75 Å². The molecule has 0 bridgehead atoms. The summed E-state index contributed by atoms with van der Waals surface area (Å²) in [5.74, 6) is 0.102. The highest BCUT2D eigenvalue weighted by atomic mass is 16.5. The number of rotatable bonds is 4. The van der Waals surface area contributed by atoms with E-state index in [1.54, 1.807) is 24.4 Å². The van der Waals surface area contributed by atoms with Gasteiger partial charge in [-0.2, -0.15) is 0 Å². The van der Waals surface area contributed by atoms with Crippen LogP contribution in [0.1, 0.15) is 15.9 Å². The molecule has 0 aliphatic carbocycles. The van der Waals surface area contributed by atoms with Crippen LogP contribution in [0.5, 0.6) is 5.75 Å². The number of fused-ring (bicyclic) bond motifs is 1. The molecule has 0 aliphatic rings. The van der Waals surface area contributed by atoms with Crippen LogP contribution in [0.3, 0.4) is 0 Å². The van der Waals surface area contributed by atoms with E-state index in [1.807, 2.05) is 36.4 Å². The van der Waals surface area contributed by atoms with Crippen LogP contribution in [-0.4, -0.2) is 18.1 Å². The van der Waals surface area contributed by atoms with Gasteiger partial charge < -0.3 is 9.47 Å². The van der Waals surface area contributed by atoms with E-state index in [1.165, 1.54) is 7.11 Å². The van der Waals surface area contributed by atoms with Gasteiger partial charge in [-0.25, -0.2) is 4.79 Å². The lowest BCUT2D eigenvalue weighted by molar-refractivity contribution is 0.0595. The van der Waals surface area contributed by atoms with Crippen LogP contribution >= 0.6 is 0 Å². The SMILES string of the molecule is COC(=O)c1ccccc1OCc1ccnc2ccccc12. The molecule has 110 valence electrons. The monoisotopic (exact) mass is 293 g/mol. The first kappa shape index (κ1) is 14.1. The Bertz CT molecular complexity index is 809. The van der Waals surface area contributed by atoms with Gasteiger partial charge in [0.25, 0.3) is 0 Å². The summed E-state index contributed by atoms with van der Waals surface area (Å²) in [7, 11) is 1.36. The standard InChI is InChI=1S/C18H15NO3/c1-21-18(20)15-7-3-5-9-17(15)22-12-13-10-11-19-16-8-4-2-6-14(13)16/h2-11H,12H2,1H3. The molecule has 0 N–H and O–H groups in total. The second-order valence-electron chi connectivity index (χ2n) is 4.76. The maximum atomic E-state index is 11.7. The summed E-state index contributed by atoms with van der Waals surface area (Å²) in [5.41, 5.74) is 2.36. The number of benzene rings is 2. The number of esters is 1. The highest BCUT2D eigenvalue weighted by Gasteiger charge is 2.12. The maximum Gasteiger partial charge on any atom is 0.341 e. The number of carbonyl (C=O) groups is 1. The molecule has 0 amide bonds. The van der Waals surface area contributed by atoms with E-state index in [2.05, 4.69) is 4.98 Å². The zero-order valence-corrected chi connectivity index (χ0v) is 12.2. The molecule has 22 heavy (non-hydrogen) atoms. The predicted molar refractivity (Wildman–Crippen MR) is 83.9 cm³/mol. The Morgan fingerprint density at radius 1 is 1.05 bits per heavy atom. The largest absolute Gasteiger partial charge is 0.488 e. The summed E-state index contributed by atoms with van der Waals surface area (Å²) in [6.45, 7) is 0.358. The lowest BCUT2D eigenvalue weighted by Crippen LogP contribution is -2.06. The van der Waals surface area contributed by atoms with Gasteiger partial charge in [0.05, 0.1) is 12.6 Å². The van der Waals surface area contributed by atoms with Crippen molar-refractivity contribution in [2.75, 3.05) is 7.11 Å². The van der Waals surface area contributed by atoms with Crippen LogP contribution in [0.25, 0.3) is 10.9 Å². The molecule has 0 fully saturated rings. The number of aromatic nitrogens is 1. The first-order chi connectivity index (χ1) is 10.8. The van der Waals surface area contributed by atoms with E-state index in [4.69, 9.17) is 9.47 Å². The van der Waals surface area contributed by atoms with Gasteiger partial charge >= 0.3 is 5.97 Å². The van der Waals surface area contributed by atoms with Gasteiger partial charge in [-0.15, -0.1) is 0 Å². The number of nitrogens with zero attached hydrogens (tertiary/aromatic N) is 1. The first-order valence-electron chi connectivity index (χ1n) is 6.92. The zero-order valence-electron chi connectivity index (χ0n) is 12.2. The number of pyridine rings is 1. The van der Waals surface area contributed by atoms with Crippen molar-refractivity contribution in [3.63, 3.8) is 0 Å². The van der Waals surface area contributed by atoms with Crippen LogP contribution in [0.2, 0.25) is 0 Å². The van der Waals surface area contributed by atoms with Crippen molar-refractivity contribution in [2.45, 2.75) is 6.61 Å². The summed E-state index contributed by atoms with van der Waals surface area (Å²) in [4.78, 5) is 16.1. The van der Waals surface area contributed by atoms with E-state index in [0.29, 0.717) is 17.9 Å². The van der Waals surface area contributed by atoms with Crippen molar-refractivity contribution in [1.82, 2.24) is 4.98 Å². The lowest BCUT2D eigenvalue weighted by atomic mass is 10.1. The van der Waals surface area contributed by atoms with Crippen LogP contribution < -0.4 is 4.74 Å². The Morgan fingerprint density at radius 3 is 2.68 bits per heavy atom. The highest BCUT2D eigenvalue weighted by Crippen LogP contribution is 2.22. The average molecular weight is 293 g/mol. The molecule has 4 nitrogen and oxygen atoms in total. The van der Waals surface area contributed by atoms with E-state index in [-0.39, 0.29) is 0 Å². The van der Waals surface area contributed by atoms with E-state index in [9.17, 15) is 4.79 Å². The van der Waals surface area contributed by atoms with Crippen LogP contribution in [0, 0.1) is 0 Å². The van der Waals surface area contributed by atoms with E-state index >= 15 is 0 Å². The third-order valence-corrected chi connectivity index (χ3v) is 3.41. The Hall–Kier alpha value is -2.88.